The molecule has 12 nitrogen and oxygen atoms in total. The molecule has 0 spiro atoms. The summed E-state index contributed by atoms with van der Waals surface area (Å²) in [6.07, 6.45) is 0.333. The highest BCUT2D eigenvalue weighted by Crippen LogP contribution is 2.53. The Bertz CT molecular complexity index is 1770. The van der Waals surface area contributed by atoms with E-state index in [-0.39, 0.29) is 35.5 Å². The van der Waals surface area contributed by atoms with E-state index in [9.17, 15) is 29.7 Å². The second-order valence-corrected chi connectivity index (χ2v) is 11.6. The number of amides is 1. The van der Waals surface area contributed by atoms with Gasteiger partial charge in [-0.1, -0.05) is 0 Å². The van der Waals surface area contributed by atoms with E-state index >= 15 is 0 Å². The van der Waals surface area contributed by atoms with Gasteiger partial charge in [0, 0.05) is 42.5 Å². The number of nitrogens with zero attached hydrogens (tertiary/aromatic N) is 3. The number of oxazole rings is 1. The second-order valence-electron chi connectivity index (χ2n) is 11.6. The lowest BCUT2D eigenvalue weighted by Gasteiger charge is -2.50. The number of primary amides is 1. The van der Waals surface area contributed by atoms with Gasteiger partial charge in [-0.15, -0.1) is 0 Å². The van der Waals surface area contributed by atoms with Crippen molar-refractivity contribution in [1.82, 2.24) is 9.88 Å². The smallest absolute Gasteiger partial charge is 0.255 e. The average Bonchev–Trinajstić information content (AvgIpc) is 3.34. The van der Waals surface area contributed by atoms with Crippen LogP contribution in [0, 0.1) is 11.8 Å². The number of aliphatic hydroxyl groups excluding tert-OH is 2. The molecule has 1 aromatic heterocycles. The van der Waals surface area contributed by atoms with Crippen LogP contribution in [0.1, 0.15) is 17.5 Å². The van der Waals surface area contributed by atoms with Crippen molar-refractivity contribution in [3.8, 4) is 11.5 Å². The van der Waals surface area contributed by atoms with Crippen LogP contribution < -0.4 is 16.4 Å². The van der Waals surface area contributed by atoms with Crippen molar-refractivity contribution in [3.05, 3.63) is 58.4 Å². The number of carbonyl (C=O) groups is 3. The normalized spacial score (nSPS) is 25.5. The summed E-state index contributed by atoms with van der Waals surface area (Å²) in [5, 5.41) is 34.7. The first-order chi connectivity index (χ1) is 19.8. The highest BCUT2D eigenvalue weighted by atomic mass is 16.4. The van der Waals surface area contributed by atoms with Crippen LogP contribution in [-0.4, -0.2) is 82.5 Å². The maximum Gasteiger partial charge on any atom is 0.255 e. The number of carbonyl (C=O) groups excluding carboxylic acids is 3. The first kappa shape index (κ1) is 27.5. The number of hydrogen-bond acceptors (Lipinski definition) is 11. The van der Waals surface area contributed by atoms with Gasteiger partial charge in [-0.05, 0) is 68.8 Å². The molecule has 0 unspecified atom stereocenters. The minimum atomic E-state index is -2.65. The molecule has 4 atom stereocenters. The molecule has 0 radical (unpaired) electrons. The predicted molar refractivity (Wildman–Crippen MR) is 154 cm³/mol. The molecule has 1 heterocycles. The van der Waals surface area contributed by atoms with Gasteiger partial charge in [0.15, 0.2) is 17.0 Å². The summed E-state index contributed by atoms with van der Waals surface area (Å²) in [7, 11) is 6.85. The summed E-state index contributed by atoms with van der Waals surface area (Å²) in [5.74, 6) is -5.96. The zero-order chi connectivity index (χ0) is 30.4. The van der Waals surface area contributed by atoms with Gasteiger partial charge >= 0.3 is 0 Å². The van der Waals surface area contributed by atoms with Gasteiger partial charge in [-0.3, -0.25) is 19.3 Å². The van der Waals surface area contributed by atoms with E-state index in [1.807, 2.05) is 25.1 Å². The summed E-state index contributed by atoms with van der Waals surface area (Å²) in [4.78, 5) is 47.7. The van der Waals surface area contributed by atoms with E-state index in [2.05, 4.69) is 4.98 Å². The molecule has 1 fully saturated rings. The van der Waals surface area contributed by atoms with Crippen molar-refractivity contribution in [2.45, 2.75) is 24.5 Å². The lowest BCUT2D eigenvalue weighted by atomic mass is 9.57. The molecule has 0 aliphatic heterocycles. The number of rotatable bonds is 4. The number of anilines is 2. The van der Waals surface area contributed by atoms with Crippen LogP contribution in [0.2, 0.25) is 0 Å². The van der Waals surface area contributed by atoms with E-state index in [1.54, 1.807) is 38.4 Å². The van der Waals surface area contributed by atoms with E-state index in [0.29, 0.717) is 22.3 Å². The van der Waals surface area contributed by atoms with Gasteiger partial charge in [0.05, 0.1) is 11.6 Å². The molecule has 3 aliphatic carbocycles. The van der Waals surface area contributed by atoms with Gasteiger partial charge in [0.25, 0.3) is 5.91 Å². The third-order valence-corrected chi connectivity index (χ3v) is 8.72. The fourth-order valence-electron chi connectivity index (χ4n) is 6.83. The molecule has 12 heteroatoms. The summed E-state index contributed by atoms with van der Waals surface area (Å²) < 4.78 is 6.17. The van der Waals surface area contributed by atoms with Gasteiger partial charge < -0.3 is 36.1 Å². The first-order valence-electron chi connectivity index (χ1n) is 13.4. The Morgan fingerprint density at radius 2 is 1.79 bits per heavy atom. The average molecular weight is 574 g/mol. The molecule has 7 N–H and O–H groups in total. The van der Waals surface area contributed by atoms with Gasteiger partial charge in [-0.25, -0.2) is 4.98 Å². The van der Waals surface area contributed by atoms with E-state index < -0.39 is 58.0 Å². The molecule has 2 aromatic carbocycles. The van der Waals surface area contributed by atoms with Crippen LogP contribution in [-0.2, 0) is 20.8 Å². The monoisotopic (exact) mass is 573 g/mol. The number of aliphatic hydroxyl groups is 3. The van der Waals surface area contributed by atoms with Gasteiger partial charge in [-0.2, -0.15) is 0 Å². The highest BCUT2D eigenvalue weighted by molar-refractivity contribution is 6.24. The molecule has 1 amide bonds. The van der Waals surface area contributed by atoms with Gasteiger partial charge in [0.2, 0.25) is 11.7 Å². The Labute approximate surface area is 240 Å². The number of hydrogen-bond donors (Lipinski definition) is 5. The molecule has 0 bridgehead atoms. The predicted octanol–water partition coefficient (Wildman–Crippen LogP) is 1.71. The standard InChI is InChI=1S/C30H31N5O7/c1-34(2)18-11-17-25(42-29(33-17)12-5-7-14(31)8-6-12)20-15(18)9-13-10-16-22(35(3)4)24(37)21(28(32)40)27(39)30(16,41)26(38)19(13)23(20)36/h5-8,11,13,16,22,36,39,41H,9-10,31H2,1-4H3,(H2,32,40)/t13-,16-,22-,30-/m0/s1. The maximum absolute atomic E-state index is 14.2. The molecule has 218 valence electrons. The Morgan fingerprint density at radius 3 is 2.38 bits per heavy atom. The topological polar surface area (TPSA) is 196 Å². The van der Waals surface area contributed by atoms with Crippen molar-refractivity contribution in [2.75, 3.05) is 38.8 Å². The SMILES string of the molecule is CN(C)c1cc2nc(-c3ccc(N)cc3)oc2c2c1C[C@H]1C[C@H]3[C@H](N(C)C)C(=O)C(C(N)=O)=C(O)[C@@]3(O)C(=O)C1=C2O. The third-order valence-electron chi connectivity index (χ3n) is 8.72. The van der Waals surface area contributed by atoms with E-state index in [4.69, 9.17) is 15.9 Å². The first-order valence-corrected chi connectivity index (χ1v) is 13.4. The molecule has 3 aromatic rings. The maximum atomic E-state index is 14.2. The highest BCUT2D eigenvalue weighted by Gasteiger charge is 2.64. The largest absolute Gasteiger partial charge is 0.508 e. The Balaban J connectivity index is 1.60. The third kappa shape index (κ3) is 3.61. The minimum absolute atomic E-state index is 0.0593. The van der Waals surface area contributed by atoms with E-state index in [0.717, 1.165) is 5.69 Å². The van der Waals surface area contributed by atoms with Crippen LogP contribution >= 0.6 is 0 Å². The van der Waals surface area contributed by atoms with Crippen molar-refractivity contribution >= 4 is 45.7 Å². The van der Waals surface area contributed by atoms with Crippen LogP contribution in [0.5, 0.6) is 0 Å². The summed E-state index contributed by atoms with van der Waals surface area (Å²) in [6, 6.07) is 7.66. The number of likely N-dealkylation sites (N-methyl/N-ethyl adjacent to an activating group) is 1. The van der Waals surface area contributed by atoms with Crippen LogP contribution in [0.3, 0.4) is 0 Å². The fourth-order valence-corrected chi connectivity index (χ4v) is 6.83. The van der Waals surface area contributed by atoms with Crippen molar-refractivity contribution in [1.29, 1.82) is 0 Å². The fraction of sp³-hybridized carbons (Fsp3) is 0.333. The van der Waals surface area contributed by atoms with Gasteiger partial charge in [0.1, 0.15) is 22.6 Å². The summed E-state index contributed by atoms with van der Waals surface area (Å²) >= 11 is 0. The number of nitrogen functional groups attached to an aromatic ring is 1. The number of aromatic nitrogens is 1. The Hall–Kier alpha value is -4.68. The quantitative estimate of drug-likeness (QED) is 0.225. The molecular weight excluding hydrogens is 542 g/mol. The van der Waals surface area contributed by atoms with Crippen molar-refractivity contribution in [3.63, 3.8) is 0 Å². The molecule has 6 rings (SSSR count). The number of ketones is 2. The lowest BCUT2D eigenvalue weighted by molar-refractivity contribution is -0.153. The number of benzene rings is 2. The molecule has 0 saturated heterocycles. The molecule has 1 saturated carbocycles. The molecule has 3 aliphatic rings. The lowest BCUT2D eigenvalue weighted by Crippen LogP contribution is -2.65. The van der Waals surface area contributed by atoms with Crippen LogP contribution in [0.15, 0.2) is 51.7 Å². The zero-order valence-corrected chi connectivity index (χ0v) is 23.5. The van der Waals surface area contributed by atoms with Crippen molar-refractivity contribution < 1.29 is 34.1 Å². The van der Waals surface area contributed by atoms with Crippen molar-refractivity contribution in [2.24, 2.45) is 17.6 Å². The van der Waals surface area contributed by atoms with E-state index in [1.165, 1.54) is 4.90 Å². The minimum Gasteiger partial charge on any atom is -0.508 e. The molecular formula is C30H31N5O7. The van der Waals surface area contributed by atoms with Crippen LogP contribution in [0.4, 0.5) is 11.4 Å². The number of Topliss-reactive ketones (excluding diaryl/α,β-unsaturated/α-hetero) is 2. The number of nitrogens with two attached hydrogens (primary N) is 2. The molecule has 42 heavy (non-hydrogen) atoms. The summed E-state index contributed by atoms with van der Waals surface area (Å²) in [6.45, 7) is 0. The summed E-state index contributed by atoms with van der Waals surface area (Å²) in [5.41, 5.74) is 11.3. The Morgan fingerprint density at radius 1 is 1.12 bits per heavy atom. The number of fused-ring (bicyclic) bond motifs is 5. The zero-order valence-electron chi connectivity index (χ0n) is 23.5. The Kier molecular flexibility index (Phi) is 6.00. The second kappa shape index (κ2) is 9.16. The van der Waals surface area contributed by atoms with Crippen LogP contribution in [0.25, 0.3) is 28.3 Å².